The third-order valence-corrected chi connectivity index (χ3v) is 3.96. The number of hydrogen-bond donors (Lipinski definition) is 0. The number of benzene rings is 2. The SMILES string of the molecule is CCOC(=O)CCCCCC(=O)c1ccc2cc(OC)ccc2c1. The molecular formula is C20H24O4. The van der Waals surface area contributed by atoms with E-state index >= 15 is 0 Å². The van der Waals surface area contributed by atoms with E-state index in [4.69, 9.17) is 9.47 Å². The molecule has 128 valence electrons. The van der Waals surface area contributed by atoms with Crippen LogP contribution in [0.2, 0.25) is 0 Å². The molecule has 2 aromatic rings. The zero-order chi connectivity index (χ0) is 17.4. The van der Waals surface area contributed by atoms with Crippen LogP contribution in [-0.2, 0) is 9.53 Å². The van der Waals surface area contributed by atoms with Crippen LogP contribution in [0.5, 0.6) is 5.75 Å². The summed E-state index contributed by atoms with van der Waals surface area (Å²) in [6.07, 6.45) is 3.35. The Hall–Kier alpha value is -2.36. The molecule has 0 aliphatic rings. The maximum Gasteiger partial charge on any atom is 0.305 e. The Labute approximate surface area is 142 Å². The monoisotopic (exact) mass is 328 g/mol. The van der Waals surface area contributed by atoms with E-state index in [0.29, 0.717) is 19.4 Å². The lowest BCUT2D eigenvalue weighted by atomic mass is 10.0. The standard InChI is InChI=1S/C20H24O4/c1-3-24-20(22)8-6-4-5-7-19(21)17-10-9-16-14-18(23-2)12-11-15(16)13-17/h9-14H,3-8H2,1-2H3. The van der Waals surface area contributed by atoms with Crippen molar-refractivity contribution in [3.63, 3.8) is 0 Å². The highest BCUT2D eigenvalue weighted by Gasteiger charge is 2.08. The highest BCUT2D eigenvalue weighted by atomic mass is 16.5. The van der Waals surface area contributed by atoms with Crippen molar-refractivity contribution in [3.05, 3.63) is 42.0 Å². The van der Waals surface area contributed by atoms with Crippen LogP contribution in [0, 0.1) is 0 Å². The van der Waals surface area contributed by atoms with Crippen LogP contribution >= 0.6 is 0 Å². The van der Waals surface area contributed by atoms with Gasteiger partial charge in [0, 0.05) is 18.4 Å². The Bertz CT molecular complexity index is 706. The Morgan fingerprint density at radius 3 is 2.38 bits per heavy atom. The van der Waals surface area contributed by atoms with Gasteiger partial charge in [0.2, 0.25) is 0 Å². The first-order valence-electron chi connectivity index (χ1n) is 8.40. The summed E-state index contributed by atoms with van der Waals surface area (Å²) in [6.45, 7) is 2.22. The fraction of sp³-hybridized carbons (Fsp3) is 0.400. The van der Waals surface area contributed by atoms with Gasteiger partial charge in [-0.3, -0.25) is 9.59 Å². The first-order chi connectivity index (χ1) is 11.6. The van der Waals surface area contributed by atoms with E-state index in [0.717, 1.165) is 41.3 Å². The Morgan fingerprint density at radius 1 is 0.917 bits per heavy atom. The van der Waals surface area contributed by atoms with Crippen molar-refractivity contribution >= 4 is 22.5 Å². The number of carbonyl (C=O) groups is 2. The second kappa shape index (κ2) is 9.06. The van der Waals surface area contributed by atoms with Crippen molar-refractivity contribution in [2.24, 2.45) is 0 Å². The topological polar surface area (TPSA) is 52.6 Å². The lowest BCUT2D eigenvalue weighted by molar-refractivity contribution is -0.143. The van der Waals surface area contributed by atoms with Crippen LogP contribution < -0.4 is 4.74 Å². The predicted octanol–water partition coefficient (Wildman–Crippen LogP) is 4.54. The smallest absolute Gasteiger partial charge is 0.305 e. The van der Waals surface area contributed by atoms with Gasteiger partial charge in [-0.15, -0.1) is 0 Å². The van der Waals surface area contributed by atoms with Crippen LogP contribution in [0.4, 0.5) is 0 Å². The van der Waals surface area contributed by atoms with Crippen molar-refractivity contribution in [2.45, 2.75) is 39.0 Å². The maximum absolute atomic E-state index is 12.3. The van der Waals surface area contributed by atoms with Crippen molar-refractivity contribution in [1.29, 1.82) is 0 Å². The number of ether oxygens (including phenoxy) is 2. The summed E-state index contributed by atoms with van der Waals surface area (Å²) < 4.78 is 10.1. The molecule has 0 saturated heterocycles. The lowest BCUT2D eigenvalue weighted by Gasteiger charge is -2.06. The lowest BCUT2D eigenvalue weighted by Crippen LogP contribution is -2.03. The highest BCUT2D eigenvalue weighted by molar-refractivity contribution is 6.00. The Balaban J connectivity index is 1.84. The average molecular weight is 328 g/mol. The summed E-state index contributed by atoms with van der Waals surface area (Å²) in [5, 5.41) is 2.09. The first-order valence-corrected chi connectivity index (χ1v) is 8.40. The van der Waals surface area contributed by atoms with E-state index in [1.807, 2.05) is 36.4 Å². The minimum Gasteiger partial charge on any atom is -0.497 e. The number of carbonyl (C=O) groups excluding carboxylic acids is 2. The predicted molar refractivity (Wildman–Crippen MR) is 94.5 cm³/mol. The number of rotatable bonds is 9. The molecule has 0 radical (unpaired) electrons. The molecule has 0 aliphatic carbocycles. The van der Waals surface area contributed by atoms with Gasteiger partial charge in [0.05, 0.1) is 13.7 Å². The second-order valence-electron chi connectivity index (χ2n) is 5.72. The van der Waals surface area contributed by atoms with Gasteiger partial charge in [0.1, 0.15) is 5.75 Å². The summed E-state index contributed by atoms with van der Waals surface area (Å²) in [5.74, 6) is 0.792. The molecule has 0 aliphatic heterocycles. The Kier molecular flexibility index (Phi) is 6.79. The fourth-order valence-corrected chi connectivity index (χ4v) is 2.63. The van der Waals surface area contributed by atoms with E-state index in [1.165, 1.54) is 0 Å². The molecule has 0 N–H and O–H groups in total. The Morgan fingerprint density at radius 2 is 1.62 bits per heavy atom. The highest BCUT2D eigenvalue weighted by Crippen LogP contribution is 2.22. The molecule has 0 heterocycles. The maximum atomic E-state index is 12.3. The average Bonchev–Trinajstić information content (AvgIpc) is 2.60. The van der Waals surface area contributed by atoms with Crippen LogP contribution in [0.25, 0.3) is 10.8 Å². The summed E-state index contributed by atoms with van der Waals surface area (Å²) >= 11 is 0. The third-order valence-electron chi connectivity index (χ3n) is 3.96. The van der Waals surface area contributed by atoms with Gasteiger partial charge in [-0.05, 0) is 48.7 Å². The molecule has 0 fully saturated rings. The molecule has 4 heteroatoms. The van der Waals surface area contributed by atoms with Gasteiger partial charge in [-0.1, -0.05) is 24.6 Å². The number of hydrogen-bond acceptors (Lipinski definition) is 4. The molecule has 0 unspecified atom stereocenters. The molecule has 4 nitrogen and oxygen atoms in total. The minimum absolute atomic E-state index is 0.142. The summed E-state index contributed by atoms with van der Waals surface area (Å²) in [7, 11) is 1.64. The van der Waals surface area contributed by atoms with Gasteiger partial charge in [0.25, 0.3) is 0 Å². The zero-order valence-corrected chi connectivity index (χ0v) is 14.3. The summed E-state index contributed by atoms with van der Waals surface area (Å²) in [6, 6.07) is 11.6. The molecule has 0 bridgehead atoms. The van der Waals surface area contributed by atoms with E-state index in [9.17, 15) is 9.59 Å². The normalized spacial score (nSPS) is 10.6. The van der Waals surface area contributed by atoms with Gasteiger partial charge in [-0.2, -0.15) is 0 Å². The molecule has 0 aromatic heterocycles. The molecule has 2 aromatic carbocycles. The largest absolute Gasteiger partial charge is 0.497 e. The van der Waals surface area contributed by atoms with Crippen molar-refractivity contribution in [3.8, 4) is 5.75 Å². The minimum atomic E-state index is -0.159. The van der Waals surface area contributed by atoms with Crippen molar-refractivity contribution in [1.82, 2.24) is 0 Å². The number of ketones is 1. The van der Waals surface area contributed by atoms with Crippen molar-refractivity contribution < 1.29 is 19.1 Å². The van der Waals surface area contributed by atoms with E-state index in [1.54, 1.807) is 14.0 Å². The fourth-order valence-electron chi connectivity index (χ4n) is 2.63. The van der Waals surface area contributed by atoms with Gasteiger partial charge in [0.15, 0.2) is 5.78 Å². The number of fused-ring (bicyclic) bond motifs is 1. The van der Waals surface area contributed by atoms with E-state index in [-0.39, 0.29) is 11.8 Å². The second-order valence-corrected chi connectivity index (χ2v) is 5.72. The molecular weight excluding hydrogens is 304 g/mol. The van der Waals surface area contributed by atoms with Gasteiger partial charge >= 0.3 is 5.97 Å². The van der Waals surface area contributed by atoms with E-state index in [2.05, 4.69) is 0 Å². The van der Waals surface area contributed by atoms with Crippen molar-refractivity contribution in [2.75, 3.05) is 13.7 Å². The summed E-state index contributed by atoms with van der Waals surface area (Å²) in [5.41, 5.74) is 0.734. The third kappa shape index (κ3) is 5.08. The van der Waals surface area contributed by atoms with Crippen LogP contribution in [0.1, 0.15) is 49.4 Å². The number of Topliss-reactive ketones (excluding diaryl/α,β-unsaturated/α-hetero) is 1. The van der Waals surface area contributed by atoms with Crippen LogP contribution in [-0.4, -0.2) is 25.5 Å². The van der Waals surface area contributed by atoms with E-state index < -0.39 is 0 Å². The molecule has 0 saturated carbocycles. The first kappa shape index (κ1) is 18.0. The molecule has 0 atom stereocenters. The zero-order valence-electron chi connectivity index (χ0n) is 14.3. The van der Waals surface area contributed by atoms with Gasteiger partial charge < -0.3 is 9.47 Å². The number of esters is 1. The molecule has 0 amide bonds. The molecule has 24 heavy (non-hydrogen) atoms. The number of methoxy groups -OCH3 is 1. The summed E-state index contributed by atoms with van der Waals surface area (Å²) in [4.78, 5) is 23.5. The van der Waals surface area contributed by atoms with Gasteiger partial charge in [-0.25, -0.2) is 0 Å². The quantitative estimate of drug-likeness (QED) is 0.385. The molecule has 0 spiro atoms. The van der Waals surface area contributed by atoms with Crippen LogP contribution in [0.15, 0.2) is 36.4 Å². The number of unbranched alkanes of at least 4 members (excludes halogenated alkanes) is 2. The van der Waals surface area contributed by atoms with Crippen LogP contribution in [0.3, 0.4) is 0 Å². The molecule has 2 rings (SSSR count).